The Bertz CT molecular complexity index is 451. The highest BCUT2D eigenvalue weighted by Crippen LogP contribution is 2.36. The lowest BCUT2D eigenvalue weighted by Crippen LogP contribution is -2.34. The van der Waals surface area contributed by atoms with Gasteiger partial charge in [0.2, 0.25) is 0 Å². The highest BCUT2D eigenvalue weighted by atomic mass is 79.9. The molecule has 2 heterocycles. The van der Waals surface area contributed by atoms with Crippen LogP contribution in [0.5, 0.6) is 0 Å². The second-order valence-electron chi connectivity index (χ2n) is 4.52. The van der Waals surface area contributed by atoms with Crippen LogP contribution in [0.25, 0.3) is 9.75 Å². The molecule has 0 atom stereocenters. The fourth-order valence-corrected chi connectivity index (χ4v) is 6.27. The zero-order valence-electron chi connectivity index (χ0n) is 9.00. The molecule has 4 heteroatoms. The molecule has 0 saturated carbocycles. The Hall–Kier alpha value is 0.0969. The molecular formula is C11H13BrS2Si. The maximum Gasteiger partial charge on any atom is 0.0904 e. The third-order valence-electron chi connectivity index (χ3n) is 2.17. The molecule has 0 bridgehead atoms. The Morgan fingerprint density at radius 1 is 1.27 bits per heavy atom. The molecule has 0 aliphatic rings. The van der Waals surface area contributed by atoms with E-state index in [0.717, 1.165) is 0 Å². The van der Waals surface area contributed by atoms with E-state index in [4.69, 9.17) is 0 Å². The van der Waals surface area contributed by atoms with Crippen molar-refractivity contribution in [3.63, 3.8) is 0 Å². The summed E-state index contributed by atoms with van der Waals surface area (Å²) < 4.78 is 2.82. The second kappa shape index (κ2) is 4.16. The summed E-state index contributed by atoms with van der Waals surface area (Å²) in [5.41, 5.74) is 0. The number of halogens is 1. The van der Waals surface area contributed by atoms with Crippen LogP contribution in [-0.4, -0.2) is 8.07 Å². The Labute approximate surface area is 108 Å². The Morgan fingerprint density at radius 2 is 2.00 bits per heavy atom. The minimum atomic E-state index is -1.16. The van der Waals surface area contributed by atoms with E-state index >= 15 is 0 Å². The summed E-state index contributed by atoms with van der Waals surface area (Å²) in [6.07, 6.45) is 0. The lowest BCUT2D eigenvalue weighted by molar-refractivity contribution is 1.77. The quantitative estimate of drug-likeness (QED) is 0.699. The van der Waals surface area contributed by atoms with Crippen molar-refractivity contribution in [2.24, 2.45) is 0 Å². The summed E-state index contributed by atoms with van der Waals surface area (Å²) in [5, 5.41) is 2.13. The third-order valence-corrected chi connectivity index (χ3v) is 8.82. The molecule has 2 aromatic rings. The van der Waals surface area contributed by atoms with Gasteiger partial charge in [0, 0.05) is 9.35 Å². The van der Waals surface area contributed by atoms with Crippen LogP contribution in [-0.2, 0) is 0 Å². The van der Waals surface area contributed by atoms with Crippen molar-refractivity contribution in [1.82, 2.24) is 0 Å². The first-order chi connectivity index (χ1) is 6.98. The fraction of sp³-hybridized carbons (Fsp3) is 0.273. The van der Waals surface area contributed by atoms with E-state index in [1.807, 2.05) is 22.7 Å². The first kappa shape index (κ1) is 11.6. The molecule has 0 nitrogen and oxygen atoms in total. The molecule has 0 saturated heterocycles. The van der Waals surface area contributed by atoms with Crippen LogP contribution in [0, 0.1) is 0 Å². The normalized spacial score (nSPS) is 12.0. The van der Waals surface area contributed by atoms with Gasteiger partial charge in [-0.25, -0.2) is 0 Å². The van der Waals surface area contributed by atoms with Crippen LogP contribution in [0.2, 0.25) is 19.6 Å². The Balaban J connectivity index is 2.47. The average molecular weight is 317 g/mol. The molecule has 2 rings (SSSR count). The van der Waals surface area contributed by atoms with E-state index in [2.05, 4.69) is 59.2 Å². The number of rotatable bonds is 2. The van der Waals surface area contributed by atoms with Crippen molar-refractivity contribution >= 4 is 51.2 Å². The molecule has 0 aliphatic carbocycles. The van der Waals surface area contributed by atoms with Crippen LogP contribution in [0.15, 0.2) is 28.1 Å². The summed E-state index contributed by atoms with van der Waals surface area (Å²) in [7, 11) is -1.16. The molecule has 0 amide bonds. The summed E-state index contributed by atoms with van der Waals surface area (Å²) in [5.74, 6) is 0. The van der Waals surface area contributed by atoms with E-state index in [1.54, 1.807) is 4.50 Å². The predicted octanol–water partition coefficient (Wildman–Crippen LogP) is 4.78. The number of hydrogen-bond donors (Lipinski definition) is 0. The van der Waals surface area contributed by atoms with Crippen molar-refractivity contribution in [3.05, 3.63) is 28.1 Å². The molecule has 0 spiro atoms. The minimum Gasteiger partial charge on any atom is -0.143 e. The molecular weight excluding hydrogens is 304 g/mol. The number of hydrogen-bond acceptors (Lipinski definition) is 2. The first-order valence-corrected chi connectivity index (χ1v) is 10.8. The van der Waals surface area contributed by atoms with Crippen molar-refractivity contribution in [1.29, 1.82) is 0 Å². The second-order valence-corrected chi connectivity index (χ2v) is 12.8. The first-order valence-electron chi connectivity index (χ1n) is 4.82. The van der Waals surface area contributed by atoms with Crippen molar-refractivity contribution < 1.29 is 0 Å². The summed E-state index contributed by atoms with van der Waals surface area (Å²) in [6.45, 7) is 7.18. The van der Waals surface area contributed by atoms with Gasteiger partial charge in [0.1, 0.15) is 0 Å². The molecule has 0 unspecified atom stereocenters. The molecule has 0 N–H and O–H groups in total. The van der Waals surface area contributed by atoms with Gasteiger partial charge in [0.05, 0.1) is 13.0 Å². The van der Waals surface area contributed by atoms with E-state index < -0.39 is 8.07 Å². The fourth-order valence-electron chi connectivity index (χ4n) is 1.31. The lowest BCUT2D eigenvalue weighted by Gasteiger charge is -2.12. The van der Waals surface area contributed by atoms with E-state index in [0.29, 0.717) is 0 Å². The summed E-state index contributed by atoms with van der Waals surface area (Å²) in [6, 6.07) is 6.61. The zero-order chi connectivity index (χ0) is 11.1. The highest BCUT2D eigenvalue weighted by molar-refractivity contribution is 9.10. The molecule has 2 aromatic heterocycles. The maximum atomic E-state index is 3.67. The van der Waals surface area contributed by atoms with E-state index in [1.165, 1.54) is 14.2 Å². The van der Waals surface area contributed by atoms with Crippen molar-refractivity contribution in [2.45, 2.75) is 19.6 Å². The minimum absolute atomic E-state index is 1.16. The Morgan fingerprint density at radius 3 is 2.47 bits per heavy atom. The summed E-state index contributed by atoms with van der Waals surface area (Å²) >= 11 is 7.43. The molecule has 15 heavy (non-hydrogen) atoms. The van der Waals surface area contributed by atoms with Gasteiger partial charge in [0.25, 0.3) is 0 Å². The largest absolute Gasteiger partial charge is 0.143 e. The third kappa shape index (κ3) is 2.44. The van der Waals surface area contributed by atoms with Gasteiger partial charge in [-0.2, -0.15) is 0 Å². The van der Waals surface area contributed by atoms with Crippen LogP contribution in [0.4, 0.5) is 0 Å². The van der Waals surface area contributed by atoms with Crippen LogP contribution >= 0.6 is 38.6 Å². The SMILES string of the molecule is C[Si](C)(C)c1cc(Br)c(-c2cccs2)s1. The van der Waals surface area contributed by atoms with E-state index in [9.17, 15) is 0 Å². The molecule has 80 valence electrons. The van der Waals surface area contributed by atoms with Gasteiger partial charge in [-0.15, -0.1) is 22.7 Å². The van der Waals surface area contributed by atoms with Gasteiger partial charge < -0.3 is 0 Å². The van der Waals surface area contributed by atoms with Gasteiger partial charge in [0.15, 0.2) is 0 Å². The predicted molar refractivity (Wildman–Crippen MR) is 78.3 cm³/mol. The van der Waals surface area contributed by atoms with Crippen LogP contribution in [0.1, 0.15) is 0 Å². The van der Waals surface area contributed by atoms with Crippen LogP contribution in [0.3, 0.4) is 0 Å². The standard InChI is InChI=1S/C11H13BrS2Si/c1-15(2,3)10-7-8(12)11(14-10)9-5-4-6-13-9/h4-7H,1-3H3. The monoisotopic (exact) mass is 316 g/mol. The molecule has 0 radical (unpaired) electrons. The smallest absolute Gasteiger partial charge is 0.0904 e. The van der Waals surface area contributed by atoms with Crippen LogP contribution < -0.4 is 4.50 Å². The Kier molecular flexibility index (Phi) is 3.21. The van der Waals surface area contributed by atoms with Gasteiger partial charge >= 0.3 is 0 Å². The van der Waals surface area contributed by atoms with Gasteiger partial charge in [-0.1, -0.05) is 25.7 Å². The number of thiophene rings is 2. The lowest BCUT2D eigenvalue weighted by atomic mass is 10.4. The average Bonchev–Trinajstić information content (AvgIpc) is 2.69. The summed E-state index contributed by atoms with van der Waals surface area (Å²) in [4.78, 5) is 2.76. The van der Waals surface area contributed by atoms with Crippen molar-refractivity contribution in [2.75, 3.05) is 0 Å². The maximum absolute atomic E-state index is 3.67. The van der Waals surface area contributed by atoms with E-state index in [-0.39, 0.29) is 0 Å². The topological polar surface area (TPSA) is 0 Å². The highest BCUT2D eigenvalue weighted by Gasteiger charge is 2.21. The molecule has 0 aliphatic heterocycles. The molecule has 0 fully saturated rings. The zero-order valence-corrected chi connectivity index (χ0v) is 13.2. The van der Waals surface area contributed by atoms with Gasteiger partial charge in [-0.05, 0) is 37.9 Å². The molecule has 0 aromatic carbocycles. The van der Waals surface area contributed by atoms with Gasteiger partial charge in [-0.3, -0.25) is 0 Å². The van der Waals surface area contributed by atoms with Crippen molar-refractivity contribution in [3.8, 4) is 9.75 Å².